The van der Waals surface area contributed by atoms with Crippen LogP contribution < -0.4 is 4.74 Å². The van der Waals surface area contributed by atoms with Crippen LogP contribution in [0, 0.1) is 13.8 Å². The van der Waals surface area contributed by atoms with Crippen LogP contribution in [0.1, 0.15) is 23.6 Å². The molecule has 1 aliphatic heterocycles. The van der Waals surface area contributed by atoms with E-state index >= 15 is 0 Å². The molecule has 1 aliphatic rings. The summed E-state index contributed by atoms with van der Waals surface area (Å²) in [5, 5.41) is 0.744. The zero-order valence-electron chi connectivity index (χ0n) is 17.4. The average Bonchev–Trinajstić information content (AvgIpc) is 2.72. The number of benzene rings is 2. The SMILES string of the molecule is Cc1cc(O[C@@H](C)C(=O)N2CCN(C/C=C/c3ccccc3)CC2)cc(C)c1Cl. The summed E-state index contributed by atoms with van der Waals surface area (Å²) in [5.41, 5.74) is 3.12. The first kappa shape index (κ1) is 21.4. The third-order valence-corrected chi connectivity index (χ3v) is 5.82. The molecule has 0 saturated carbocycles. The molecule has 2 aromatic carbocycles. The summed E-state index contributed by atoms with van der Waals surface area (Å²) >= 11 is 6.21. The third kappa shape index (κ3) is 5.84. The fourth-order valence-corrected chi connectivity index (χ4v) is 3.65. The molecular weight excluding hydrogens is 384 g/mol. The molecule has 0 spiro atoms. The standard InChI is InChI=1S/C24H29ClN2O2/c1-18-16-22(17-19(2)23(18)25)29-20(3)24(28)27-14-12-26(13-15-27)11-7-10-21-8-5-4-6-9-21/h4-10,16-17,20H,11-15H2,1-3H3/b10-7+/t20-/m0/s1. The van der Waals surface area contributed by atoms with Gasteiger partial charge in [0.15, 0.2) is 6.10 Å². The van der Waals surface area contributed by atoms with Crippen LogP contribution in [-0.4, -0.2) is 54.5 Å². The van der Waals surface area contributed by atoms with Crippen molar-refractivity contribution in [3.05, 3.63) is 70.3 Å². The van der Waals surface area contributed by atoms with E-state index in [-0.39, 0.29) is 5.91 Å². The Kier molecular flexibility index (Phi) is 7.34. The average molecular weight is 413 g/mol. The molecule has 0 unspecified atom stereocenters. The van der Waals surface area contributed by atoms with Gasteiger partial charge in [-0.25, -0.2) is 0 Å². The van der Waals surface area contributed by atoms with Gasteiger partial charge in [0.2, 0.25) is 0 Å². The second-order valence-electron chi connectivity index (χ2n) is 7.57. The molecule has 29 heavy (non-hydrogen) atoms. The van der Waals surface area contributed by atoms with Gasteiger partial charge in [0.1, 0.15) is 5.75 Å². The molecule has 0 aliphatic carbocycles. The number of halogens is 1. The lowest BCUT2D eigenvalue weighted by atomic mass is 10.1. The maximum Gasteiger partial charge on any atom is 0.263 e. The lowest BCUT2D eigenvalue weighted by molar-refractivity contribution is -0.139. The molecular formula is C24H29ClN2O2. The molecule has 0 bridgehead atoms. The van der Waals surface area contributed by atoms with Crippen molar-refractivity contribution in [3.63, 3.8) is 0 Å². The van der Waals surface area contributed by atoms with Crippen molar-refractivity contribution < 1.29 is 9.53 Å². The van der Waals surface area contributed by atoms with Gasteiger partial charge in [-0.2, -0.15) is 0 Å². The van der Waals surface area contributed by atoms with E-state index in [4.69, 9.17) is 16.3 Å². The Hall–Kier alpha value is -2.30. The number of hydrogen-bond donors (Lipinski definition) is 0. The van der Waals surface area contributed by atoms with E-state index in [1.807, 2.05) is 56.0 Å². The molecule has 1 amide bonds. The number of amides is 1. The predicted molar refractivity (Wildman–Crippen MR) is 120 cm³/mol. The second kappa shape index (κ2) is 9.95. The number of nitrogens with zero attached hydrogens (tertiary/aromatic N) is 2. The van der Waals surface area contributed by atoms with Crippen molar-refractivity contribution in [3.8, 4) is 5.75 Å². The van der Waals surface area contributed by atoms with Crippen LogP contribution in [0.25, 0.3) is 6.08 Å². The van der Waals surface area contributed by atoms with Gasteiger partial charge < -0.3 is 9.64 Å². The van der Waals surface area contributed by atoms with Gasteiger partial charge in [0.05, 0.1) is 0 Å². The van der Waals surface area contributed by atoms with E-state index in [0.717, 1.165) is 48.9 Å². The first-order valence-corrected chi connectivity index (χ1v) is 10.5. The zero-order chi connectivity index (χ0) is 20.8. The summed E-state index contributed by atoms with van der Waals surface area (Å²) in [4.78, 5) is 17.0. The highest BCUT2D eigenvalue weighted by atomic mass is 35.5. The second-order valence-corrected chi connectivity index (χ2v) is 7.95. The Morgan fingerprint density at radius 3 is 2.34 bits per heavy atom. The molecule has 1 fully saturated rings. The highest BCUT2D eigenvalue weighted by Crippen LogP contribution is 2.26. The molecule has 3 rings (SSSR count). The van der Waals surface area contributed by atoms with E-state index in [1.165, 1.54) is 5.56 Å². The fraction of sp³-hybridized carbons (Fsp3) is 0.375. The molecule has 1 heterocycles. The highest BCUT2D eigenvalue weighted by molar-refractivity contribution is 6.32. The van der Waals surface area contributed by atoms with E-state index in [2.05, 4.69) is 29.2 Å². The zero-order valence-corrected chi connectivity index (χ0v) is 18.2. The maximum atomic E-state index is 12.8. The Morgan fingerprint density at radius 1 is 1.10 bits per heavy atom. The molecule has 2 aromatic rings. The van der Waals surface area contributed by atoms with Gasteiger partial charge >= 0.3 is 0 Å². The van der Waals surface area contributed by atoms with Gasteiger partial charge in [0, 0.05) is 37.7 Å². The molecule has 5 heteroatoms. The van der Waals surface area contributed by atoms with E-state index in [0.29, 0.717) is 5.75 Å². The Balaban J connectivity index is 1.47. The lowest BCUT2D eigenvalue weighted by Crippen LogP contribution is -2.51. The van der Waals surface area contributed by atoms with Crippen LogP contribution in [0.5, 0.6) is 5.75 Å². The van der Waals surface area contributed by atoms with Crippen molar-refractivity contribution >= 4 is 23.6 Å². The van der Waals surface area contributed by atoms with Crippen LogP contribution in [0.4, 0.5) is 0 Å². The summed E-state index contributed by atoms with van der Waals surface area (Å²) in [6.07, 6.45) is 3.81. The Bertz CT molecular complexity index is 835. The van der Waals surface area contributed by atoms with Crippen molar-refractivity contribution in [1.82, 2.24) is 9.80 Å². The molecule has 0 radical (unpaired) electrons. The first-order chi connectivity index (χ1) is 13.9. The van der Waals surface area contributed by atoms with Crippen LogP contribution in [-0.2, 0) is 4.79 Å². The number of rotatable bonds is 6. The van der Waals surface area contributed by atoms with Gasteiger partial charge in [-0.15, -0.1) is 0 Å². The van der Waals surface area contributed by atoms with Crippen LogP contribution >= 0.6 is 11.6 Å². The van der Waals surface area contributed by atoms with Crippen molar-refractivity contribution in [2.24, 2.45) is 0 Å². The quantitative estimate of drug-likeness (QED) is 0.696. The number of piperazine rings is 1. The van der Waals surface area contributed by atoms with Gasteiger partial charge in [-0.3, -0.25) is 9.69 Å². The van der Waals surface area contributed by atoms with Gasteiger partial charge in [-0.1, -0.05) is 54.1 Å². The van der Waals surface area contributed by atoms with Crippen LogP contribution in [0.2, 0.25) is 5.02 Å². The number of aryl methyl sites for hydroxylation is 2. The summed E-state index contributed by atoms with van der Waals surface area (Å²) in [6, 6.07) is 14.1. The minimum absolute atomic E-state index is 0.0368. The fourth-order valence-electron chi connectivity index (χ4n) is 3.54. The minimum atomic E-state index is -0.514. The maximum absolute atomic E-state index is 12.8. The van der Waals surface area contributed by atoms with E-state index in [1.54, 1.807) is 0 Å². The molecule has 154 valence electrons. The van der Waals surface area contributed by atoms with Crippen molar-refractivity contribution in [1.29, 1.82) is 0 Å². The van der Waals surface area contributed by atoms with Gasteiger partial charge in [-0.05, 0) is 49.6 Å². The largest absolute Gasteiger partial charge is 0.481 e. The number of carbonyl (C=O) groups is 1. The highest BCUT2D eigenvalue weighted by Gasteiger charge is 2.25. The summed E-state index contributed by atoms with van der Waals surface area (Å²) < 4.78 is 5.91. The monoisotopic (exact) mass is 412 g/mol. The minimum Gasteiger partial charge on any atom is -0.481 e. The molecule has 0 N–H and O–H groups in total. The van der Waals surface area contributed by atoms with Crippen LogP contribution in [0.15, 0.2) is 48.5 Å². The first-order valence-electron chi connectivity index (χ1n) is 10.1. The van der Waals surface area contributed by atoms with Crippen molar-refractivity contribution in [2.75, 3.05) is 32.7 Å². The van der Waals surface area contributed by atoms with E-state index in [9.17, 15) is 4.79 Å². The Labute approximate surface area is 178 Å². The molecule has 1 saturated heterocycles. The molecule has 4 nitrogen and oxygen atoms in total. The normalized spacial score (nSPS) is 16.2. The van der Waals surface area contributed by atoms with E-state index < -0.39 is 6.10 Å². The summed E-state index contributed by atoms with van der Waals surface area (Å²) in [6.45, 7) is 9.80. The topological polar surface area (TPSA) is 32.8 Å². The summed E-state index contributed by atoms with van der Waals surface area (Å²) in [7, 11) is 0. The Morgan fingerprint density at radius 2 is 1.72 bits per heavy atom. The van der Waals surface area contributed by atoms with Crippen LogP contribution in [0.3, 0.4) is 0 Å². The third-order valence-electron chi connectivity index (χ3n) is 5.23. The van der Waals surface area contributed by atoms with Crippen molar-refractivity contribution in [2.45, 2.75) is 26.9 Å². The molecule has 1 atom stereocenters. The lowest BCUT2D eigenvalue weighted by Gasteiger charge is -2.35. The number of carbonyl (C=O) groups excluding carboxylic acids is 1. The summed E-state index contributed by atoms with van der Waals surface area (Å²) in [5.74, 6) is 0.727. The smallest absolute Gasteiger partial charge is 0.263 e. The number of ether oxygens (including phenoxy) is 1. The molecule has 0 aromatic heterocycles. The van der Waals surface area contributed by atoms with Gasteiger partial charge in [0.25, 0.3) is 5.91 Å². The predicted octanol–water partition coefficient (Wildman–Crippen LogP) is 4.58. The number of hydrogen-bond acceptors (Lipinski definition) is 3.